The van der Waals surface area contributed by atoms with Crippen LogP contribution in [0.4, 0.5) is 11.4 Å². The summed E-state index contributed by atoms with van der Waals surface area (Å²) in [5, 5.41) is 13.3. The molecule has 10 nitrogen and oxygen atoms in total. The first-order valence-electron chi connectivity index (χ1n) is 9.43. The molecule has 0 spiro atoms. The zero-order valence-corrected chi connectivity index (χ0v) is 18.1. The predicted octanol–water partition coefficient (Wildman–Crippen LogP) is 2.73. The number of rotatable bonds is 9. The van der Waals surface area contributed by atoms with Gasteiger partial charge in [0.05, 0.1) is 15.4 Å². The van der Waals surface area contributed by atoms with Gasteiger partial charge in [-0.2, -0.15) is 4.31 Å². The quantitative estimate of drug-likeness (QED) is 0.353. The highest BCUT2D eigenvalue weighted by molar-refractivity contribution is 7.89. The van der Waals surface area contributed by atoms with E-state index in [0.29, 0.717) is 5.56 Å². The number of esters is 1. The number of hydrogen-bond acceptors (Lipinski definition) is 7. The number of benzene rings is 2. The second-order valence-corrected chi connectivity index (χ2v) is 8.37. The van der Waals surface area contributed by atoms with Gasteiger partial charge in [0.1, 0.15) is 5.69 Å². The van der Waals surface area contributed by atoms with Crippen LogP contribution in [-0.4, -0.2) is 49.2 Å². The fourth-order valence-corrected chi connectivity index (χ4v) is 4.56. The zero-order valence-electron chi connectivity index (χ0n) is 17.3. The molecular formula is C20H23N3O7S. The average molecular weight is 449 g/mol. The molecule has 0 radical (unpaired) electrons. The van der Waals surface area contributed by atoms with Crippen LogP contribution in [0.5, 0.6) is 0 Å². The maximum absolute atomic E-state index is 12.8. The van der Waals surface area contributed by atoms with Crippen LogP contribution in [0.1, 0.15) is 29.8 Å². The Morgan fingerprint density at radius 1 is 1.13 bits per heavy atom. The number of hydrogen-bond donors (Lipinski definition) is 1. The van der Waals surface area contributed by atoms with Crippen molar-refractivity contribution in [2.75, 3.05) is 25.0 Å². The van der Waals surface area contributed by atoms with E-state index in [0.717, 1.165) is 0 Å². The van der Waals surface area contributed by atoms with Crippen LogP contribution < -0.4 is 5.32 Å². The average Bonchev–Trinajstić information content (AvgIpc) is 2.73. The van der Waals surface area contributed by atoms with E-state index < -0.39 is 33.4 Å². The Morgan fingerprint density at radius 3 is 2.39 bits per heavy atom. The lowest BCUT2D eigenvalue weighted by molar-refractivity contribution is -0.383. The van der Waals surface area contributed by atoms with E-state index in [1.54, 1.807) is 20.8 Å². The maximum Gasteiger partial charge on any atom is 0.338 e. The van der Waals surface area contributed by atoms with Crippen LogP contribution in [0, 0.1) is 17.0 Å². The first-order chi connectivity index (χ1) is 14.6. The van der Waals surface area contributed by atoms with Crippen LogP contribution in [-0.2, 0) is 19.6 Å². The number of para-hydroxylation sites is 2. The summed E-state index contributed by atoms with van der Waals surface area (Å²) >= 11 is 0. The summed E-state index contributed by atoms with van der Waals surface area (Å²) in [4.78, 5) is 34.8. The number of aryl methyl sites for hydroxylation is 1. The van der Waals surface area contributed by atoms with Crippen LogP contribution in [0.3, 0.4) is 0 Å². The van der Waals surface area contributed by atoms with Gasteiger partial charge in [0.2, 0.25) is 10.0 Å². The zero-order chi connectivity index (χ0) is 23.2. The number of nitro benzene ring substituents is 1. The first-order valence-corrected chi connectivity index (χ1v) is 10.9. The Kier molecular flexibility index (Phi) is 7.83. The van der Waals surface area contributed by atoms with Crippen molar-refractivity contribution in [3.05, 3.63) is 63.7 Å². The van der Waals surface area contributed by atoms with Crippen molar-refractivity contribution in [1.82, 2.24) is 4.31 Å². The summed E-state index contributed by atoms with van der Waals surface area (Å²) < 4.78 is 31.8. The third-order valence-electron chi connectivity index (χ3n) is 4.46. The summed E-state index contributed by atoms with van der Waals surface area (Å²) in [6.45, 7) is 4.90. The number of carbonyl (C=O) groups is 2. The van der Waals surface area contributed by atoms with Crippen LogP contribution >= 0.6 is 0 Å². The largest absolute Gasteiger partial charge is 0.452 e. The van der Waals surface area contributed by atoms with Crippen molar-refractivity contribution < 1.29 is 27.7 Å². The van der Waals surface area contributed by atoms with Crippen LogP contribution in [0.25, 0.3) is 0 Å². The van der Waals surface area contributed by atoms with E-state index in [-0.39, 0.29) is 34.9 Å². The van der Waals surface area contributed by atoms with Gasteiger partial charge in [0.15, 0.2) is 6.61 Å². The number of carbonyl (C=O) groups excluding carboxylic acids is 2. The lowest BCUT2D eigenvalue weighted by Gasteiger charge is -2.20. The molecular weight excluding hydrogens is 426 g/mol. The van der Waals surface area contributed by atoms with Crippen molar-refractivity contribution in [3.63, 3.8) is 0 Å². The molecule has 0 atom stereocenters. The fraction of sp³-hybridized carbons (Fsp3) is 0.300. The summed E-state index contributed by atoms with van der Waals surface area (Å²) in [6.07, 6.45) is 0. The number of nitro groups is 1. The van der Waals surface area contributed by atoms with E-state index in [9.17, 15) is 28.1 Å². The highest BCUT2D eigenvalue weighted by atomic mass is 32.2. The van der Waals surface area contributed by atoms with Gasteiger partial charge < -0.3 is 10.1 Å². The summed E-state index contributed by atoms with van der Waals surface area (Å²) in [7, 11) is -3.79. The lowest BCUT2D eigenvalue weighted by Crippen LogP contribution is -2.31. The van der Waals surface area contributed by atoms with Gasteiger partial charge in [0.25, 0.3) is 11.6 Å². The number of amides is 1. The molecule has 166 valence electrons. The molecule has 1 N–H and O–H groups in total. The minimum atomic E-state index is -3.79. The Balaban J connectivity index is 2.13. The third-order valence-corrected chi connectivity index (χ3v) is 6.65. The summed E-state index contributed by atoms with van der Waals surface area (Å²) in [5.41, 5.74) is 0.107. The third kappa shape index (κ3) is 5.64. The number of sulfonamides is 1. The van der Waals surface area contributed by atoms with Gasteiger partial charge in [-0.3, -0.25) is 14.9 Å². The molecule has 31 heavy (non-hydrogen) atoms. The molecule has 0 unspecified atom stereocenters. The summed E-state index contributed by atoms with van der Waals surface area (Å²) in [6, 6.07) is 9.65. The molecule has 0 saturated heterocycles. The molecule has 2 aromatic carbocycles. The van der Waals surface area contributed by atoms with Crippen LogP contribution in [0.15, 0.2) is 47.4 Å². The van der Waals surface area contributed by atoms with Crippen molar-refractivity contribution in [3.8, 4) is 0 Å². The Labute approximate surface area is 180 Å². The van der Waals surface area contributed by atoms with Gasteiger partial charge in [-0.05, 0) is 30.7 Å². The molecule has 0 heterocycles. The van der Waals surface area contributed by atoms with Gasteiger partial charge in [-0.1, -0.05) is 32.0 Å². The maximum atomic E-state index is 12.8. The SMILES string of the molecule is CCN(CC)S(=O)(=O)c1cc(C(=O)OCC(=O)Nc2ccccc2[N+](=O)[O-])ccc1C. The minimum absolute atomic E-state index is 0.0185. The standard InChI is InChI=1S/C20H23N3O7S/c1-4-22(5-2)31(28,29)18-12-15(11-10-14(18)3)20(25)30-13-19(24)21-16-8-6-7-9-17(16)23(26)27/h6-12H,4-5,13H2,1-3H3,(H,21,24). The van der Waals surface area contributed by atoms with Crippen molar-refractivity contribution in [2.24, 2.45) is 0 Å². The van der Waals surface area contributed by atoms with Crippen LogP contribution in [0.2, 0.25) is 0 Å². The molecule has 11 heteroatoms. The van der Waals surface area contributed by atoms with E-state index >= 15 is 0 Å². The highest BCUT2D eigenvalue weighted by Gasteiger charge is 2.25. The molecule has 2 aromatic rings. The fourth-order valence-electron chi connectivity index (χ4n) is 2.85. The molecule has 0 aliphatic carbocycles. The first kappa shape index (κ1) is 24.0. The van der Waals surface area contributed by atoms with Crippen molar-refractivity contribution in [2.45, 2.75) is 25.7 Å². The lowest BCUT2D eigenvalue weighted by atomic mass is 10.1. The van der Waals surface area contributed by atoms with E-state index in [4.69, 9.17) is 4.74 Å². The molecule has 0 bridgehead atoms. The molecule has 2 rings (SSSR count). The predicted molar refractivity (Wildman–Crippen MR) is 113 cm³/mol. The molecule has 0 aliphatic heterocycles. The van der Waals surface area contributed by atoms with Gasteiger partial charge in [-0.15, -0.1) is 0 Å². The van der Waals surface area contributed by atoms with E-state index in [1.165, 1.54) is 46.8 Å². The highest BCUT2D eigenvalue weighted by Crippen LogP contribution is 2.23. The van der Waals surface area contributed by atoms with E-state index in [2.05, 4.69) is 5.32 Å². The Morgan fingerprint density at radius 2 is 1.77 bits per heavy atom. The summed E-state index contributed by atoms with van der Waals surface area (Å²) in [5.74, 6) is -1.67. The van der Waals surface area contributed by atoms with E-state index in [1.807, 2.05) is 0 Å². The number of anilines is 1. The molecule has 0 fully saturated rings. The molecule has 1 amide bonds. The normalized spacial score (nSPS) is 11.2. The second kappa shape index (κ2) is 10.1. The van der Waals surface area contributed by atoms with Gasteiger partial charge >= 0.3 is 5.97 Å². The molecule has 0 aliphatic rings. The smallest absolute Gasteiger partial charge is 0.338 e. The Hall–Kier alpha value is -3.31. The second-order valence-electron chi connectivity index (χ2n) is 6.47. The number of nitrogens with zero attached hydrogens (tertiary/aromatic N) is 2. The molecule has 0 aromatic heterocycles. The number of ether oxygens (including phenoxy) is 1. The van der Waals surface area contributed by atoms with Crippen molar-refractivity contribution in [1.29, 1.82) is 0 Å². The number of nitrogens with one attached hydrogen (secondary N) is 1. The van der Waals surface area contributed by atoms with Gasteiger partial charge in [0, 0.05) is 19.2 Å². The van der Waals surface area contributed by atoms with Crippen molar-refractivity contribution >= 4 is 33.3 Å². The minimum Gasteiger partial charge on any atom is -0.452 e. The molecule has 0 saturated carbocycles. The topological polar surface area (TPSA) is 136 Å². The Bertz CT molecular complexity index is 1100. The monoisotopic (exact) mass is 449 g/mol. The van der Waals surface area contributed by atoms with Gasteiger partial charge in [-0.25, -0.2) is 13.2 Å².